The molecule has 0 bridgehead atoms. The van der Waals surface area contributed by atoms with Crippen molar-refractivity contribution in [2.75, 3.05) is 0 Å². The summed E-state index contributed by atoms with van der Waals surface area (Å²) >= 11 is 0. The Hall–Kier alpha value is -1.49. The molecule has 2 aromatic rings. The predicted molar refractivity (Wildman–Crippen MR) is 49.0 cm³/mol. The number of aromatic nitrogens is 4. The Morgan fingerprint density at radius 3 is 3.15 bits per heavy atom. The summed E-state index contributed by atoms with van der Waals surface area (Å²) in [6.45, 7) is 1.97. The van der Waals surface area contributed by atoms with E-state index in [1.807, 2.05) is 13.0 Å². The number of pyridine rings is 1. The van der Waals surface area contributed by atoms with Gasteiger partial charge in [-0.3, -0.25) is 0 Å². The number of fused-ring (bicyclic) bond motifs is 1. The maximum absolute atomic E-state index is 5.67. The summed E-state index contributed by atoms with van der Waals surface area (Å²) in [7, 11) is 0. The van der Waals surface area contributed by atoms with Crippen LogP contribution in [0.5, 0.6) is 0 Å². The molecule has 2 rings (SSSR count). The van der Waals surface area contributed by atoms with E-state index in [1.54, 1.807) is 6.20 Å². The highest BCUT2D eigenvalue weighted by atomic mass is 15.3. The van der Waals surface area contributed by atoms with Crippen LogP contribution < -0.4 is 5.73 Å². The third kappa shape index (κ3) is 1.65. The zero-order chi connectivity index (χ0) is 9.26. The molecular formula is C8H11N5. The molecule has 0 amide bonds. The largest absolute Gasteiger partial charge is 0.328 e. The first-order chi connectivity index (χ1) is 6.25. The van der Waals surface area contributed by atoms with Gasteiger partial charge in [0.25, 0.3) is 0 Å². The van der Waals surface area contributed by atoms with Crippen LogP contribution in [-0.4, -0.2) is 26.4 Å². The molecule has 13 heavy (non-hydrogen) atoms. The molecule has 0 aromatic carbocycles. The van der Waals surface area contributed by atoms with Crippen LogP contribution in [0.25, 0.3) is 11.2 Å². The fourth-order valence-electron chi connectivity index (χ4n) is 1.27. The Labute approximate surface area is 75.4 Å². The topological polar surface area (TPSA) is 80.5 Å². The SMILES string of the molecule is C[C@@H](N)Cc1cnc2n[nH]nc2c1. The summed E-state index contributed by atoms with van der Waals surface area (Å²) in [5.41, 5.74) is 8.20. The molecule has 68 valence electrons. The molecule has 3 N–H and O–H groups in total. The first-order valence-corrected chi connectivity index (χ1v) is 4.16. The smallest absolute Gasteiger partial charge is 0.201 e. The van der Waals surface area contributed by atoms with Gasteiger partial charge < -0.3 is 5.73 Å². The fraction of sp³-hybridized carbons (Fsp3) is 0.375. The highest BCUT2D eigenvalue weighted by Gasteiger charge is 2.02. The monoisotopic (exact) mass is 177 g/mol. The summed E-state index contributed by atoms with van der Waals surface area (Å²) in [4.78, 5) is 4.13. The Kier molecular flexibility index (Phi) is 1.94. The molecular weight excluding hydrogens is 166 g/mol. The molecule has 5 heteroatoms. The van der Waals surface area contributed by atoms with Crippen LogP contribution >= 0.6 is 0 Å². The number of aromatic amines is 1. The minimum absolute atomic E-state index is 0.145. The fourth-order valence-corrected chi connectivity index (χ4v) is 1.27. The van der Waals surface area contributed by atoms with E-state index in [2.05, 4.69) is 20.4 Å². The molecule has 0 saturated heterocycles. The van der Waals surface area contributed by atoms with Crippen molar-refractivity contribution in [3.8, 4) is 0 Å². The number of hydrogen-bond donors (Lipinski definition) is 2. The molecule has 0 spiro atoms. The van der Waals surface area contributed by atoms with Gasteiger partial charge >= 0.3 is 0 Å². The lowest BCUT2D eigenvalue weighted by Gasteiger charge is -2.02. The van der Waals surface area contributed by atoms with E-state index in [1.165, 1.54) is 0 Å². The molecule has 1 atom stereocenters. The Balaban J connectivity index is 2.37. The van der Waals surface area contributed by atoms with Crippen LogP contribution in [0.15, 0.2) is 12.3 Å². The van der Waals surface area contributed by atoms with Gasteiger partial charge in [-0.05, 0) is 25.0 Å². The van der Waals surface area contributed by atoms with E-state index in [0.717, 1.165) is 17.5 Å². The molecule has 0 aliphatic heterocycles. The molecule has 0 radical (unpaired) electrons. The summed E-state index contributed by atoms with van der Waals surface area (Å²) in [6.07, 6.45) is 2.60. The lowest BCUT2D eigenvalue weighted by molar-refractivity contribution is 0.736. The second-order valence-electron chi connectivity index (χ2n) is 3.19. The number of nitrogens with one attached hydrogen (secondary N) is 1. The molecule has 0 unspecified atom stereocenters. The number of nitrogens with two attached hydrogens (primary N) is 1. The van der Waals surface area contributed by atoms with E-state index < -0.39 is 0 Å². The van der Waals surface area contributed by atoms with Crippen molar-refractivity contribution < 1.29 is 0 Å². The molecule has 0 aliphatic carbocycles. The first kappa shape index (κ1) is 8.12. The van der Waals surface area contributed by atoms with E-state index in [0.29, 0.717) is 5.65 Å². The van der Waals surface area contributed by atoms with Gasteiger partial charge in [-0.15, -0.1) is 5.10 Å². The number of rotatable bonds is 2. The number of nitrogens with zero attached hydrogens (tertiary/aromatic N) is 3. The van der Waals surface area contributed by atoms with Crippen molar-refractivity contribution in [2.45, 2.75) is 19.4 Å². The van der Waals surface area contributed by atoms with Crippen molar-refractivity contribution in [1.82, 2.24) is 20.4 Å². The maximum atomic E-state index is 5.67. The summed E-state index contributed by atoms with van der Waals surface area (Å²) < 4.78 is 0. The van der Waals surface area contributed by atoms with Crippen molar-refractivity contribution in [1.29, 1.82) is 0 Å². The molecule has 5 nitrogen and oxygen atoms in total. The molecule has 0 fully saturated rings. The third-order valence-corrected chi connectivity index (χ3v) is 1.79. The van der Waals surface area contributed by atoms with Gasteiger partial charge in [0.05, 0.1) is 0 Å². The third-order valence-electron chi connectivity index (χ3n) is 1.79. The quantitative estimate of drug-likeness (QED) is 0.688. The predicted octanol–water partition coefficient (Wildman–Crippen LogP) is 0.243. The van der Waals surface area contributed by atoms with Gasteiger partial charge in [0.1, 0.15) is 5.52 Å². The average molecular weight is 177 g/mol. The van der Waals surface area contributed by atoms with Gasteiger partial charge in [-0.1, -0.05) is 0 Å². The van der Waals surface area contributed by atoms with E-state index in [-0.39, 0.29) is 6.04 Å². The van der Waals surface area contributed by atoms with Gasteiger partial charge in [-0.25, -0.2) is 4.98 Å². The van der Waals surface area contributed by atoms with Crippen LogP contribution in [0.3, 0.4) is 0 Å². The Morgan fingerprint density at radius 2 is 2.38 bits per heavy atom. The van der Waals surface area contributed by atoms with Gasteiger partial charge in [0.15, 0.2) is 0 Å². The van der Waals surface area contributed by atoms with Crippen molar-refractivity contribution in [3.63, 3.8) is 0 Å². The van der Waals surface area contributed by atoms with Gasteiger partial charge in [0.2, 0.25) is 5.65 Å². The standard InChI is InChI=1S/C8H11N5/c1-5(9)2-6-3-7-8(10-4-6)12-13-11-7/h3-5H,2,9H2,1H3,(H,10,11,12,13)/t5-/m1/s1. The molecule has 0 saturated carbocycles. The van der Waals surface area contributed by atoms with E-state index in [9.17, 15) is 0 Å². The number of hydrogen-bond acceptors (Lipinski definition) is 4. The summed E-state index contributed by atoms with van der Waals surface area (Å²) in [5, 5.41) is 10.3. The van der Waals surface area contributed by atoms with Gasteiger partial charge in [-0.2, -0.15) is 10.3 Å². The van der Waals surface area contributed by atoms with Crippen LogP contribution in [0.1, 0.15) is 12.5 Å². The number of H-pyrrole nitrogens is 1. The normalized spacial score (nSPS) is 13.4. The van der Waals surface area contributed by atoms with Gasteiger partial charge in [0, 0.05) is 12.2 Å². The van der Waals surface area contributed by atoms with Crippen LogP contribution in [0.2, 0.25) is 0 Å². The highest BCUT2D eigenvalue weighted by molar-refractivity contribution is 5.68. The highest BCUT2D eigenvalue weighted by Crippen LogP contribution is 2.08. The van der Waals surface area contributed by atoms with Crippen molar-refractivity contribution in [2.24, 2.45) is 5.73 Å². The summed E-state index contributed by atoms with van der Waals surface area (Å²) in [5.74, 6) is 0. The zero-order valence-electron chi connectivity index (χ0n) is 7.36. The lowest BCUT2D eigenvalue weighted by Crippen LogP contribution is -2.17. The molecule has 2 aromatic heterocycles. The molecule has 0 aliphatic rings. The maximum Gasteiger partial charge on any atom is 0.201 e. The second-order valence-corrected chi connectivity index (χ2v) is 3.19. The minimum atomic E-state index is 0.145. The Bertz CT molecular complexity index is 406. The summed E-state index contributed by atoms with van der Waals surface area (Å²) in [6, 6.07) is 2.10. The van der Waals surface area contributed by atoms with E-state index in [4.69, 9.17) is 5.73 Å². The van der Waals surface area contributed by atoms with Crippen molar-refractivity contribution >= 4 is 11.2 Å². The Morgan fingerprint density at radius 1 is 1.54 bits per heavy atom. The lowest BCUT2D eigenvalue weighted by atomic mass is 10.1. The van der Waals surface area contributed by atoms with Crippen LogP contribution in [0, 0.1) is 0 Å². The van der Waals surface area contributed by atoms with E-state index >= 15 is 0 Å². The second kappa shape index (κ2) is 3.10. The van der Waals surface area contributed by atoms with Crippen LogP contribution in [-0.2, 0) is 6.42 Å². The zero-order valence-corrected chi connectivity index (χ0v) is 7.36. The first-order valence-electron chi connectivity index (χ1n) is 4.16. The minimum Gasteiger partial charge on any atom is -0.328 e. The molecule has 2 heterocycles. The van der Waals surface area contributed by atoms with Crippen molar-refractivity contribution in [3.05, 3.63) is 17.8 Å². The average Bonchev–Trinajstić information content (AvgIpc) is 2.49. The van der Waals surface area contributed by atoms with Crippen LogP contribution in [0.4, 0.5) is 0 Å².